The number of thiazole rings is 1. The molecule has 0 saturated heterocycles. The number of nitrogens with zero attached hydrogens (tertiary/aromatic N) is 1. The molecule has 3 N–H and O–H groups in total. The lowest BCUT2D eigenvalue weighted by molar-refractivity contribution is 0.0946. The number of aryl methyl sites for hydroxylation is 1. The van der Waals surface area contributed by atoms with E-state index in [1.165, 1.54) is 16.9 Å². The minimum absolute atomic E-state index is 0.160. The Morgan fingerprint density at radius 1 is 1.50 bits per heavy atom. The second kappa shape index (κ2) is 5.75. The van der Waals surface area contributed by atoms with E-state index in [1.807, 2.05) is 31.2 Å². The summed E-state index contributed by atoms with van der Waals surface area (Å²) in [7, 11) is 0. The Balaban J connectivity index is 1.96. The van der Waals surface area contributed by atoms with Crippen LogP contribution >= 0.6 is 11.3 Å². The van der Waals surface area contributed by atoms with Gasteiger partial charge < -0.3 is 11.1 Å². The van der Waals surface area contributed by atoms with E-state index in [4.69, 9.17) is 5.73 Å². The van der Waals surface area contributed by atoms with Crippen LogP contribution in [0.4, 0.5) is 0 Å². The van der Waals surface area contributed by atoms with Crippen molar-refractivity contribution in [3.63, 3.8) is 0 Å². The first-order valence-electron chi connectivity index (χ1n) is 5.67. The number of carbonyl (C=O) groups excluding carboxylic acids is 1. The lowest BCUT2D eigenvalue weighted by Crippen LogP contribution is -2.23. The summed E-state index contributed by atoms with van der Waals surface area (Å²) in [5.74, 6) is -0.160. The Bertz CT molecular complexity index is 551. The maximum absolute atomic E-state index is 11.8. The molecule has 0 spiro atoms. The molecule has 0 fully saturated rings. The van der Waals surface area contributed by atoms with E-state index in [0.717, 1.165) is 10.6 Å². The van der Waals surface area contributed by atoms with Crippen molar-refractivity contribution in [2.45, 2.75) is 20.0 Å². The summed E-state index contributed by atoms with van der Waals surface area (Å²) in [5.41, 5.74) is 8.16. The van der Waals surface area contributed by atoms with E-state index in [1.54, 1.807) is 5.38 Å². The fourth-order valence-electron chi connectivity index (χ4n) is 1.60. The van der Waals surface area contributed by atoms with Gasteiger partial charge in [0.1, 0.15) is 10.7 Å². The number of carbonyl (C=O) groups is 1. The summed E-state index contributed by atoms with van der Waals surface area (Å²) < 4.78 is 0. The van der Waals surface area contributed by atoms with Gasteiger partial charge in [0, 0.05) is 18.5 Å². The van der Waals surface area contributed by atoms with Crippen molar-refractivity contribution in [1.82, 2.24) is 10.3 Å². The molecular formula is C13H15N3OS. The smallest absolute Gasteiger partial charge is 0.271 e. The monoisotopic (exact) mass is 261 g/mol. The van der Waals surface area contributed by atoms with Crippen LogP contribution < -0.4 is 11.1 Å². The molecule has 0 unspecified atom stereocenters. The second-order valence-electron chi connectivity index (χ2n) is 4.00. The molecule has 0 bridgehead atoms. The number of rotatable bonds is 4. The zero-order valence-electron chi connectivity index (χ0n) is 10.1. The van der Waals surface area contributed by atoms with Crippen molar-refractivity contribution in [3.8, 4) is 0 Å². The van der Waals surface area contributed by atoms with E-state index < -0.39 is 0 Å². The molecule has 1 aromatic heterocycles. The molecule has 0 aliphatic heterocycles. The molecule has 0 aliphatic rings. The number of hydrogen-bond acceptors (Lipinski definition) is 4. The number of benzene rings is 1. The highest BCUT2D eigenvalue weighted by Gasteiger charge is 2.09. The molecular weight excluding hydrogens is 246 g/mol. The summed E-state index contributed by atoms with van der Waals surface area (Å²) in [4.78, 5) is 16.0. The van der Waals surface area contributed by atoms with Crippen LogP contribution in [0.15, 0.2) is 29.6 Å². The molecule has 5 heteroatoms. The molecule has 18 heavy (non-hydrogen) atoms. The van der Waals surface area contributed by atoms with Crippen LogP contribution in [0.3, 0.4) is 0 Å². The van der Waals surface area contributed by atoms with E-state index in [2.05, 4.69) is 10.3 Å². The van der Waals surface area contributed by atoms with Crippen molar-refractivity contribution >= 4 is 17.2 Å². The highest BCUT2D eigenvalue weighted by molar-refractivity contribution is 7.09. The van der Waals surface area contributed by atoms with Gasteiger partial charge in [0.25, 0.3) is 5.91 Å². The highest BCUT2D eigenvalue weighted by Crippen LogP contribution is 2.09. The van der Waals surface area contributed by atoms with Crippen LogP contribution in [0.1, 0.15) is 26.6 Å². The van der Waals surface area contributed by atoms with Gasteiger partial charge >= 0.3 is 0 Å². The number of amides is 1. The van der Waals surface area contributed by atoms with Crippen LogP contribution in [-0.4, -0.2) is 10.9 Å². The molecule has 0 atom stereocenters. The van der Waals surface area contributed by atoms with Crippen molar-refractivity contribution in [1.29, 1.82) is 0 Å². The zero-order valence-corrected chi connectivity index (χ0v) is 11.0. The maximum atomic E-state index is 11.8. The molecule has 1 amide bonds. The summed E-state index contributed by atoms with van der Waals surface area (Å²) in [5, 5.41) is 5.35. The number of nitrogens with one attached hydrogen (secondary N) is 1. The first kappa shape index (κ1) is 12.7. The van der Waals surface area contributed by atoms with Crippen LogP contribution in [0.25, 0.3) is 0 Å². The van der Waals surface area contributed by atoms with Crippen molar-refractivity contribution in [2.75, 3.05) is 0 Å². The summed E-state index contributed by atoms with van der Waals surface area (Å²) >= 11 is 1.41. The third kappa shape index (κ3) is 3.15. The maximum Gasteiger partial charge on any atom is 0.271 e. The predicted molar refractivity (Wildman–Crippen MR) is 72.4 cm³/mol. The largest absolute Gasteiger partial charge is 0.347 e. The van der Waals surface area contributed by atoms with Gasteiger partial charge in [0.05, 0.1) is 0 Å². The lowest BCUT2D eigenvalue weighted by Gasteiger charge is -2.04. The quantitative estimate of drug-likeness (QED) is 0.882. The molecule has 1 heterocycles. The normalized spacial score (nSPS) is 10.3. The molecule has 0 radical (unpaired) electrons. The van der Waals surface area contributed by atoms with Crippen LogP contribution in [0.5, 0.6) is 0 Å². The second-order valence-corrected chi connectivity index (χ2v) is 4.94. The fraction of sp³-hybridized carbons (Fsp3) is 0.231. The minimum atomic E-state index is -0.160. The lowest BCUT2D eigenvalue weighted by atomic mass is 10.1. The van der Waals surface area contributed by atoms with Crippen LogP contribution in [-0.2, 0) is 13.1 Å². The molecule has 1 aromatic carbocycles. The number of hydrogen-bond donors (Lipinski definition) is 2. The zero-order chi connectivity index (χ0) is 13.0. The molecule has 2 rings (SSSR count). The van der Waals surface area contributed by atoms with Gasteiger partial charge in [-0.25, -0.2) is 4.98 Å². The standard InChI is InChI=1S/C13H15N3OS/c1-9-3-2-4-10(5-9)7-15-13(17)11-8-18-12(6-14)16-11/h2-5,8H,6-7,14H2,1H3,(H,15,17). The fourth-order valence-corrected chi connectivity index (χ4v) is 2.26. The van der Waals surface area contributed by atoms with Gasteiger partial charge in [-0.2, -0.15) is 0 Å². The van der Waals surface area contributed by atoms with Crippen LogP contribution in [0.2, 0.25) is 0 Å². The third-order valence-corrected chi connectivity index (χ3v) is 3.37. The number of nitrogens with two attached hydrogens (primary N) is 1. The average Bonchev–Trinajstić information content (AvgIpc) is 2.85. The minimum Gasteiger partial charge on any atom is -0.347 e. The van der Waals surface area contributed by atoms with Crippen LogP contribution in [0, 0.1) is 6.92 Å². The first-order valence-corrected chi connectivity index (χ1v) is 6.55. The average molecular weight is 261 g/mol. The van der Waals surface area contributed by atoms with Gasteiger partial charge in [-0.1, -0.05) is 29.8 Å². The summed E-state index contributed by atoms with van der Waals surface area (Å²) in [6.07, 6.45) is 0. The van der Waals surface area contributed by atoms with E-state index in [9.17, 15) is 4.79 Å². The van der Waals surface area contributed by atoms with E-state index >= 15 is 0 Å². The molecule has 0 saturated carbocycles. The first-order chi connectivity index (χ1) is 8.69. The molecule has 94 valence electrons. The highest BCUT2D eigenvalue weighted by atomic mass is 32.1. The van der Waals surface area contributed by atoms with Gasteiger partial charge in [-0.3, -0.25) is 4.79 Å². The summed E-state index contributed by atoms with van der Waals surface area (Å²) in [6, 6.07) is 8.04. The Morgan fingerprint density at radius 2 is 2.33 bits per heavy atom. The van der Waals surface area contributed by atoms with E-state index in [0.29, 0.717) is 18.8 Å². The van der Waals surface area contributed by atoms with Crippen molar-refractivity contribution in [3.05, 3.63) is 51.5 Å². The van der Waals surface area contributed by atoms with Gasteiger partial charge in [-0.15, -0.1) is 11.3 Å². The van der Waals surface area contributed by atoms with Gasteiger partial charge in [0.2, 0.25) is 0 Å². The molecule has 4 nitrogen and oxygen atoms in total. The SMILES string of the molecule is Cc1cccc(CNC(=O)c2csc(CN)n2)c1. The van der Waals surface area contributed by atoms with Gasteiger partial charge in [-0.05, 0) is 12.5 Å². The Kier molecular flexibility index (Phi) is 4.07. The topological polar surface area (TPSA) is 68.0 Å². The van der Waals surface area contributed by atoms with Crippen molar-refractivity contribution in [2.24, 2.45) is 5.73 Å². The Morgan fingerprint density at radius 3 is 3.00 bits per heavy atom. The Labute approximate surface area is 110 Å². The molecule has 2 aromatic rings. The third-order valence-electron chi connectivity index (χ3n) is 2.49. The number of aromatic nitrogens is 1. The van der Waals surface area contributed by atoms with Gasteiger partial charge in [0.15, 0.2) is 0 Å². The van der Waals surface area contributed by atoms with Crippen molar-refractivity contribution < 1.29 is 4.79 Å². The Hall–Kier alpha value is -1.72. The molecule has 0 aliphatic carbocycles. The summed E-state index contributed by atoms with van der Waals surface area (Å²) in [6.45, 7) is 2.91. The predicted octanol–water partition coefficient (Wildman–Crippen LogP) is 1.84. The van der Waals surface area contributed by atoms with E-state index in [-0.39, 0.29) is 5.91 Å².